The number of hydrogen-bond donors (Lipinski definition) is 0. The predicted molar refractivity (Wildman–Crippen MR) is 114 cm³/mol. The first-order valence-electron chi connectivity index (χ1n) is 9.95. The van der Waals surface area contributed by atoms with Crippen molar-refractivity contribution in [3.8, 4) is 5.75 Å². The van der Waals surface area contributed by atoms with Crippen LogP contribution in [0.1, 0.15) is 51.6 Å². The SMILES string of the molecule is CCCCOc1cc2c(c3c(=O)oc4ccccc4c13)C(=O)c1ccccc1C2=O. The van der Waals surface area contributed by atoms with Crippen molar-refractivity contribution in [3.63, 3.8) is 0 Å². The van der Waals surface area contributed by atoms with Gasteiger partial charge in [-0.2, -0.15) is 0 Å². The lowest BCUT2D eigenvalue weighted by molar-refractivity contribution is 0.0980. The number of hydrogen-bond acceptors (Lipinski definition) is 5. The van der Waals surface area contributed by atoms with Crippen LogP contribution in [0.5, 0.6) is 5.75 Å². The molecule has 0 amide bonds. The Labute approximate surface area is 171 Å². The topological polar surface area (TPSA) is 73.6 Å². The van der Waals surface area contributed by atoms with E-state index in [9.17, 15) is 14.4 Å². The van der Waals surface area contributed by atoms with Gasteiger partial charge in [-0.05, 0) is 18.6 Å². The van der Waals surface area contributed by atoms with Gasteiger partial charge in [-0.25, -0.2) is 4.79 Å². The molecule has 3 aromatic carbocycles. The number of carbonyl (C=O) groups excluding carboxylic acids is 2. The third kappa shape index (κ3) is 2.59. The second-order valence-corrected chi connectivity index (χ2v) is 7.34. The van der Waals surface area contributed by atoms with Crippen LogP contribution in [0.15, 0.2) is 63.8 Å². The van der Waals surface area contributed by atoms with Crippen LogP contribution in [-0.4, -0.2) is 18.2 Å². The number of rotatable bonds is 4. The van der Waals surface area contributed by atoms with Crippen LogP contribution in [0.2, 0.25) is 0 Å². The van der Waals surface area contributed by atoms with E-state index in [0.29, 0.717) is 39.8 Å². The van der Waals surface area contributed by atoms with E-state index >= 15 is 0 Å². The Hall–Kier alpha value is -3.73. The van der Waals surface area contributed by atoms with Gasteiger partial charge in [0, 0.05) is 33.0 Å². The predicted octanol–water partition coefficient (Wildman–Crippen LogP) is 4.90. The summed E-state index contributed by atoms with van der Waals surface area (Å²) in [4.78, 5) is 39.6. The van der Waals surface area contributed by atoms with Gasteiger partial charge in [-0.15, -0.1) is 0 Å². The molecular weight excluding hydrogens is 380 g/mol. The van der Waals surface area contributed by atoms with Gasteiger partial charge in [0.2, 0.25) is 0 Å². The zero-order valence-electron chi connectivity index (χ0n) is 16.4. The number of ether oxygens (including phenoxy) is 1. The molecule has 1 aromatic heterocycles. The fourth-order valence-electron chi connectivity index (χ4n) is 4.06. The van der Waals surface area contributed by atoms with Crippen molar-refractivity contribution in [2.45, 2.75) is 19.8 Å². The molecule has 1 aliphatic carbocycles. The van der Waals surface area contributed by atoms with E-state index < -0.39 is 5.63 Å². The van der Waals surface area contributed by atoms with Gasteiger partial charge >= 0.3 is 5.63 Å². The summed E-state index contributed by atoms with van der Waals surface area (Å²) in [5, 5.41) is 1.28. The van der Waals surface area contributed by atoms with Crippen molar-refractivity contribution in [1.29, 1.82) is 0 Å². The highest BCUT2D eigenvalue weighted by molar-refractivity contribution is 6.33. The molecule has 5 heteroatoms. The maximum absolute atomic E-state index is 13.4. The maximum atomic E-state index is 13.4. The van der Waals surface area contributed by atoms with E-state index in [2.05, 4.69) is 6.92 Å². The van der Waals surface area contributed by atoms with Crippen LogP contribution in [0, 0.1) is 0 Å². The van der Waals surface area contributed by atoms with Crippen LogP contribution >= 0.6 is 0 Å². The highest BCUT2D eigenvalue weighted by atomic mass is 16.5. The Morgan fingerprint density at radius 1 is 0.833 bits per heavy atom. The summed E-state index contributed by atoms with van der Waals surface area (Å²) in [6.45, 7) is 2.50. The number of unbranched alkanes of at least 4 members (excludes halogenated alkanes) is 1. The van der Waals surface area contributed by atoms with Gasteiger partial charge in [0.05, 0.1) is 12.0 Å². The quantitative estimate of drug-likeness (QED) is 0.245. The molecule has 0 fully saturated rings. The van der Waals surface area contributed by atoms with Crippen molar-refractivity contribution in [2.75, 3.05) is 6.61 Å². The summed E-state index contributed by atoms with van der Waals surface area (Å²) in [7, 11) is 0. The van der Waals surface area contributed by atoms with E-state index in [4.69, 9.17) is 9.15 Å². The summed E-state index contributed by atoms with van der Waals surface area (Å²) in [6, 6.07) is 15.4. The molecule has 4 aromatic rings. The van der Waals surface area contributed by atoms with E-state index in [0.717, 1.165) is 12.8 Å². The van der Waals surface area contributed by atoms with Gasteiger partial charge in [0.25, 0.3) is 0 Å². The van der Waals surface area contributed by atoms with Crippen LogP contribution in [0.3, 0.4) is 0 Å². The van der Waals surface area contributed by atoms with E-state index in [1.807, 2.05) is 12.1 Å². The lowest BCUT2D eigenvalue weighted by Gasteiger charge is -2.21. The summed E-state index contributed by atoms with van der Waals surface area (Å²) >= 11 is 0. The number of ketones is 2. The number of para-hydroxylation sites is 1. The molecule has 0 bridgehead atoms. The van der Waals surface area contributed by atoms with Gasteiger partial charge in [0.1, 0.15) is 11.3 Å². The molecule has 5 nitrogen and oxygen atoms in total. The molecule has 0 N–H and O–H groups in total. The van der Waals surface area contributed by atoms with Crippen molar-refractivity contribution >= 4 is 33.3 Å². The van der Waals surface area contributed by atoms with Crippen LogP contribution < -0.4 is 10.4 Å². The third-order valence-corrected chi connectivity index (χ3v) is 5.50. The minimum Gasteiger partial charge on any atom is -0.493 e. The lowest BCUT2D eigenvalue weighted by atomic mass is 9.81. The van der Waals surface area contributed by atoms with Gasteiger partial charge in [0.15, 0.2) is 11.6 Å². The fraction of sp³-hybridized carbons (Fsp3) is 0.160. The molecule has 30 heavy (non-hydrogen) atoms. The summed E-state index contributed by atoms with van der Waals surface area (Å²) in [5.74, 6) is -0.232. The molecule has 0 radical (unpaired) electrons. The Morgan fingerprint density at radius 3 is 2.30 bits per heavy atom. The lowest BCUT2D eigenvalue weighted by Crippen LogP contribution is -2.23. The molecule has 0 aliphatic heterocycles. The number of benzene rings is 3. The first kappa shape index (κ1) is 18.3. The molecule has 148 valence electrons. The summed E-state index contributed by atoms with van der Waals surface area (Å²) in [5.41, 5.74) is 0.658. The van der Waals surface area contributed by atoms with Crippen LogP contribution in [-0.2, 0) is 0 Å². The molecule has 0 saturated carbocycles. The first-order chi connectivity index (χ1) is 14.6. The summed E-state index contributed by atoms with van der Waals surface area (Å²) < 4.78 is 11.5. The highest BCUT2D eigenvalue weighted by Crippen LogP contribution is 2.39. The molecule has 1 heterocycles. The van der Waals surface area contributed by atoms with E-state index in [1.165, 1.54) is 0 Å². The molecule has 0 atom stereocenters. The Kier molecular flexibility index (Phi) is 4.24. The summed E-state index contributed by atoms with van der Waals surface area (Å²) in [6.07, 6.45) is 1.77. The van der Waals surface area contributed by atoms with E-state index in [-0.39, 0.29) is 28.1 Å². The van der Waals surface area contributed by atoms with E-state index in [1.54, 1.807) is 42.5 Å². The van der Waals surface area contributed by atoms with Gasteiger partial charge in [-0.3, -0.25) is 9.59 Å². The minimum absolute atomic E-state index is 0.0936. The minimum atomic E-state index is -0.651. The molecule has 0 spiro atoms. The van der Waals surface area contributed by atoms with Crippen molar-refractivity contribution in [2.24, 2.45) is 0 Å². The van der Waals surface area contributed by atoms with Crippen LogP contribution in [0.4, 0.5) is 0 Å². The fourth-order valence-corrected chi connectivity index (χ4v) is 4.06. The molecular formula is C25H18O5. The number of carbonyl (C=O) groups is 2. The first-order valence-corrected chi connectivity index (χ1v) is 9.95. The standard InChI is InChI=1S/C25H18O5/c1-2-3-12-29-19-13-17-21(24(27)15-9-5-4-8-14(15)23(17)26)22-20(19)16-10-6-7-11-18(16)30-25(22)28/h4-11,13H,2-3,12H2,1H3. The average molecular weight is 398 g/mol. The smallest absolute Gasteiger partial charge is 0.345 e. The Balaban J connectivity index is 1.92. The number of fused-ring (bicyclic) bond motifs is 6. The molecule has 1 aliphatic rings. The van der Waals surface area contributed by atoms with Crippen molar-refractivity contribution in [3.05, 3.63) is 87.3 Å². The third-order valence-electron chi connectivity index (χ3n) is 5.50. The Morgan fingerprint density at radius 2 is 1.53 bits per heavy atom. The second-order valence-electron chi connectivity index (χ2n) is 7.34. The maximum Gasteiger partial charge on any atom is 0.345 e. The van der Waals surface area contributed by atoms with Gasteiger partial charge in [-0.1, -0.05) is 55.8 Å². The van der Waals surface area contributed by atoms with Crippen molar-refractivity contribution < 1.29 is 18.7 Å². The zero-order valence-corrected chi connectivity index (χ0v) is 16.4. The van der Waals surface area contributed by atoms with Crippen LogP contribution in [0.25, 0.3) is 21.7 Å². The molecule has 5 rings (SSSR count). The highest BCUT2D eigenvalue weighted by Gasteiger charge is 2.34. The monoisotopic (exact) mass is 398 g/mol. The molecule has 0 unspecified atom stereocenters. The normalized spacial score (nSPS) is 12.8. The molecule has 0 saturated heterocycles. The van der Waals surface area contributed by atoms with Gasteiger partial charge < -0.3 is 9.15 Å². The largest absolute Gasteiger partial charge is 0.493 e. The average Bonchev–Trinajstić information content (AvgIpc) is 2.77. The second kappa shape index (κ2) is 6.95. The zero-order chi connectivity index (χ0) is 20.8. The Bertz CT molecular complexity index is 1410. The van der Waals surface area contributed by atoms with Crippen molar-refractivity contribution in [1.82, 2.24) is 0 Å².